The summed E-state index contributed by atoms with van der Waals surface area (Å²) in [5, 5.41) is 10.5. The highest BCUT2D eigenvalue weighted by Crippen LogP contribution is 2.37. The summed E-state index contributed by atoms with van der Waals surface area (Å²) in [6, 6.07) is 0.434. The van der Waals surface area contributed by atoms with Gasteiger partial charge < -0.3 is 5.11 Å². The van der Waals surface area contributed by atoms with Crippen LogP contribution in [0.1, 0.15) is 52.9 Å². The molecule has 20 heavy (non-hydrogen) atoms. The highest BCUT2D eigenvalue weighted by Gasteiger charge is 2.48. The van der Waals surface area contributed by atoms with Gasteiger partial charge in [-0.25, -0.2) is 0 Å². The summed E-state index contributed by atoms with van der Waals surface area (Å²) in [5.41, 5.74) is 0.799. The lowest BCUT2D eigenvalue weighted by Crippen LogP contribution is -2.60. The van der Waals surface area contributed by atoms with Crippen LogP contribution in [0.15, 0.2) is 4.99 Å². The molecule has 1 aliphatic heterocycles. The number of rotatable bonds is 3. The normalized spacial score (nSPS) is 37.6. The summed E-state index contributed by atoms with van der Waals surface area (Å²) in [5.74, 6) is -0.137. The van der Waals surface area contributed by atoms with Crippen LogP contribution in [0.3, 0.4) is 0 Å². The van der Waals surface area contributed by atoms with E-state index in [1.165, 1.54) is 0 Å². The number of hydrogen-bond acceptors (Lipinski definition) is 4. The molecule has 0 amide bonds. The molecule has 1 saturated heterocycles. The van der Waals surface area contributed by atoms with Crippen LogP contribution >= 0.6 is 0 Å². The van der Waals surface area contributed by atoms with Crippen molar-refractivity contribution >= 4 is 11.5 Å². The largest absolute Gasteiger partial charge is 0.377 e. The fraction of sp³-hybridized carbons (Fsp3) is 0.875. The van der Waals surface area contributed by atoms with Gasteiger partial charge >= 0.3 is 0 Å². The van der Waals surface area contributed by atoms with Crippen LogP contribution in [0.2, 0.25) is 0 Å². The van der Waals surface area contributed by atoms with Crippen molar-refractivity contribution in [1.82, 2.24) is 4.90 Å². The number of ketones is 1. The summed E-state index contributed by atoms with van der Waals surface area (Å²) >= 11 is 0. The van der Waals surface area contributed by atoms with E-state index in [0.29, 0.717) is 0 Å². The van der Waals surface area contributed by atoms with Crippen LogP contribution in [0.5, 0.6) is 0 Å². The van der Waals surface area contributed by atoms with Crippen molar-refractivity contribution in [3.63, 3.8) is 0 Å². The first-order valence-electron chi connectivity index (χ1n) is 7.95. The molecule has 1 heterocycles. The first kappa shape index (κ1) is 15.6. The smallest absolute Gasteiger partial charge is 0.150 e. The summed E-state index contributed by atoms with van der Waals surface area (Å²) in [7, 11) is 1.95. The standard InChI is InChI=1S/C16H28N2O2/c1-5-10(2)17-11(3)14-15(19)12-8-6-7-9-13(12)18(4)16(14)20/h10,12-14,16,20H,5-9H2,1-4H3/t10-,12?,13?,14?,16?/m0/s1. The Hall–Kier alpha value is -0.740. The number of aliphatic imine (C=N–C) groups is 1. The van der Waals surface area contributed by atoms with Crippen LogP contribution in [-0.4, -0.2) is 46.9 Å². The Kier molecular flexibility index (Phi) is 4.97. The predicted octanol–water partition coefficient (Wildman–Crippen LogP) is 2.25. The number of carbonyl (C=O) groups is 1. The van der Waals surface area contributed by atoms with Crippen molar-refractivity contribution in [1.29, 1.82) is 0 Å². The van der Waals surface area contributed by atoms with Crippen LogP contribution in [0.4, 0.5) is 0 Å². The van der Waals surface area contributed by atoms with Gasteiger partial charge in [0.2, 0.25) is 0 Å². The molecule has 0 aromatic rings. The summed E-state index contributed by atoms with van der Waals surface area (Å²) in [6.45, 7) is 6.04. The molecule has 0 aromatic heterocycles. The molecular weight excluding hydrogens is 252 g/mol. The summed E-state index contributed by atoms with van der Waals surface area (Å²) in [4.78, 5) is 19.4. The number of aliphatic hydroxyl groups is 1. The van der Waals surface area contributed by atoms with Crippen molar-refractivity contribution in [2.75, 3.05) is 7.05 Å². The van der Waals surface area contributed by atoms with Crippen molar-refractivity contribution < 1.29 is 9.90 Å². The van der Waals surface area contributed by atoms with E-state index >= 15 is 0 Å². The highest BCUT2D eigenvalue weighted by molar-refractivity contribution is 6.06. The van der Waals surface area contributed by atoms with Gasteiger partial charge in [0.25, 0.3) is 0 Å². The molecule has 0 aromatic carbocycles. The van der Waals surface area contributed by atoms with Gasteiger partial charge in [-0.15, -0.1) is 0 Å². The number of fused-ring (bicyclic) bond motifs is 1. The SMILES string of the molecule is CC[C@H](C)N=C(C)C1C(=O)C2CCCCC2N(C)C1O. The molecule has 0 spiro atoms. The third-order valence-corrected chi connectivity index (χ3v) is 5.10. The summed E-state index contributed by atoms with van der Waals surface area (Å²) in [6.07, 6.45) is 4.53. The van der Waals surface area contributed by atoms with Gasteiger partial charge in [-0.2, -0.15) is 0 Å². The van der Waals surface area contributed by atoms with Crippen molar-refractivity contribution in [3.8, 4) is 0 Å². The molecule has 0 radical (unpaired) electrons. The van der Waals surface area contributed by atoms with Crippen LogP contribution in [0.25, 0.3) is 0 Å². The number of likely N-dealkylation sites (tertiary alicyclic amines) is 1. The van der Waals surface area contributed by atoms with E-state index in [9.17, 15) is 9.90 Å². The van der Waals surface area contributed by atoms with E-state index in [-0.39, 0.29) is 23.8 Å². The number of piperidine rings is 1. The Morgan fingerprint density at radius 2 is 2.10 bits per heavy atom. The number of Topliss-reactive ketones (excluding diaryl/α,β-unsaturated/α-hetero) is 1. The quantitative estimate of drug-likeness (QED) is 0.807. The zero-order valence-corrected chi connectivity index (χ0v) is 13.2. The van der Waals surface area contributed by atoms with E-state index in [1.807, 2.05) is 18.9 Å². The van der Waals surface area contributed by atoms with Crippen molar-refractivity contribution in [2.24, 2.45) is 16.8 Å². The third kappa shape index (κ3) is 2.82. The number of hydrogen-bond donors (Lipinski definition) is 1. The Balaban J connectivity index is 2.24. The molecule has 0 bridgehead atoms. The molecule has 2 aliphatic rings. The molecule has 1 N–H and O–H groups in total. The number of nitrogens with zero attached hydrogens (tertiary/aromatic N) is 2. The van der Waals surface area contributed by atoms with E-state index in [2.05, 4.69) is 18.8 Å². The van der Waals surface area contributed by atoms with Gasteiger partial charge in [-0.3, -0.25) is 14.7 Å². The van der Waals surface area contributed by atoms with E-state index in [1.54, 1.807) is 0 Å². The Bertz CT molecular complexity index is 394. The minimum Gasteiger partial charge on any atom is -0.377 e. The van der Waals surface area contributed by atoms with Gasteiger partial charge in [-0.05, 0) is 40.2 Å². The topological polar surface area (TPSA) is 52.9 Å². The lowest BCUT2D eigenvalue weighted by Gasteiger charge is -2.47. The maximum absolute atomic E-state index is 12.8. The maximum atomic E-state index is 12.8. The molecule has 4 nitrogen and oxygen atoms in total. The number of carbonyl (C=O) groups excluding carboxylic acids is 1. The van der Waals surface area contributed by atoms with Gasteiger partial charge in [-0.1, -0.05) is 19.8 Å². The highest BCUT2D eigenvalue weighted by atomic mass is 16.3. The maximum Gasteiger partial charge on any atom is 0.150 e. The molecule has 1 aliphatic carbocycles. The lowest BCUT2D eigenvalue weighted by molar-refractivity contribution is -0.150. The summed E-state index contributed by atoms with van der Waals surface area (Å²) < 4.78 is 0. The van der Waals surface area contributed by atoms with Gasteiger partial charge in [0.1, 0.15) is 12.0 Å². The number of aliphatic hydroxyl groups excluding tert-OH is 1. The Labute approximate surface area is 122 Å². The van der Waals surface area contributed by atoms with E-state index in [0.717, 1.165) is 37.8 Å². The molecular formula is C16H28N2O2. The molecule has 114 valence electrons. The zero-order valence-electron chi connectivity index (χ0n) is 13.2. The van der Waals surface area contributed by atoms with Gasteiger partial charge in [0.05, 0.1) is 5.92 Å². The zero-order chi connectivity index (χ0) is 14.9. The van der Waals surface area contributed by atoms with Crippen molar-refractivity contribution in [2.45, 2.75) is 71.2 Å². The van der Waals surface area contributed by atoms with Crippen molar-refractivity contribution in [3.05, 3.63) is 0 Å². The fourth-order valence-electron chi connectivity index (χ4n) is 3.68. The Morgan fingerprint density at radius 1 is 1.45 bits per heavy atom. The van der Waals surface area contributed by atoms with Gasteiger partial charge in [0.15, 0.2) is 0 Å². The molecule has 4 heteroatoms. The van der Waals surface area contributed by atoms with Crippen LogP contribution < -0.4 is 0 Å². The second kappa shape index (κ2) is 6.35. The first-order valence-corrected chi connectivity index (χ1v) is 7.95. The first-order chi connectivity index (χ1) is 9.47. The second-order valence-electron chi connectivity index (χ2n) is 6.45. The van der Waals surface area contributed by atoms with Gasteiger partial charge in [0, 0.05) is 23.7 Å². The predicted molar refractivity (Wildman–Crippen MR) is 80.9 cm³/mol. The van der Waals surface area contributed by atoms with E-state index in [4.69, 9.17) is 0 Å². The molecule has 5 atom stereocenters. The average molecular weight is 280 g/mol. The lowest BCUT2D eigenvalue weighted by atomic mass is 9.72. The average Bonchev–Trinajstić information content (AvgIpc) is 2.45. The molecule has 2 rings (SSSR count). The van der Waals surface area contributed by atoms with Crippen LogP contribution in [-0.2, 0) is 4.79 Å². The minimum atomic E-state index is -0.713. The van der Waals surface area contributed by atoms with Crippen LogP contribution in [0, 0.1) is 11.8 Å². The van der Waals surface area contributed by atoms with E-state index < -0.39 is 12.1 Å². The minimum absolute atomic E-state index is 0.0873. The Morgan fingerprint density at radius 3 is 2.75 bits per heavy atom. The fourth-order valence-corrected chi connectivity index (χ4v) is 3.68. The second-order valence-corrected chi connectivity index (χ2v) is 6.45. The molecule has 2 fully saturated rings. The molecule has 1 saturated carbocycles. The third-order valence-electron chi connectivity index (χ3n) is 5.10. The monoisotopic (exact) mass is 280 g/mol. The molecule has 4 unspecified atom stereocenters.